The molecule has 0 unspecified atom stereocenters. The quantitative estimate of drug-likeness (QED) is 0.758. The summed E-state index contributed by atoms with van der Waals surface area (Å²) in [6.45, 7) is 4.66. The number of rotatable bonds is 6. The minimum Gasteiger partial charge on any atom is -0.256 e. The van der Waals surface area contributed by atoms with E-state index in [1.54, 1.807) is 4.31 Å². The van der Waals surface area contributed by atoms with Crippen LogP contribution < -0.4 is 0 Å². The van der Waals surface area contributed by atoms with Crippen LogP contribution in [0.2, 0.25) is 0 Å². The fraction of sp³-hybridized carbons (Fsp3) is 0.667. The summed E-state index contributed by atoms with van der Waals surface area (Å²) >= 11 is 0. The van der Waals surface area contributed by atoms with Crippen molar-refractivity contribution in [2.24, 2.45) is 0 Å². The van der Waals surface area contributed by atoms with Gasteiger partial charge in [0, 0.05) is 12.2 Å². The molecule has 0 aromatic carbocycles. The first kappa shape index (κ1) is 15.4. The summed E-state index contributed by atoms with van der Waals surface area (Å²) in [5, 5.41) is 0. The summed E-state index contributed by atoms with van der Waals surface area (Å²) in [6, 6.07) is 5.77. The third-order valence-corrected chi connectivity index (χ3v) is 5.77. The molecule has 4 nitrogen and oxygen atoms in total. The van der Waals surface area contributed by atoms with E-state index in [9.17, 15) is 8.42 Å². The molecule has 2 heterocycles. The Morgan fingerprint density at radius 2 is 2.15 bits per heavy atom. The van der Waals surface area contributed by atoms with Crippen molar-refractivity contribution in [3.05, 3.63) is 29.6 Å². The molecule has 112 valence electrons. The summed E-state index contributed by atoms with van der Waals surface area (Å²) in [7, 11) is -3.15. The van der Waals surface area contributed by atoms with E-state index in [2.05, 4.69) is 11.9 Å². The van der Waals surface area contributed by atoms with Crippen LogP contribution >= 0.6 is 0 Å². The van der Waals surface area contributed by atoms with Crippen LogP contribution in [-0.2, 0) is 10.0 Å². The predicted octanol–water partition coefficient (Wildman–Crippen LogP) is 3.05. The number of unbranched alkanes of at least 4 members (excludes halogenated alkanes) is 2. The van der Waals surface area contributed by atoms with Gasteiger partial charge in [0.1, 0.15) is 0 Å². The molecule has 0 saturated carbocycles. The molecule has 1 aliphatic rings. The Hall–Kier alpha value is -0.940. The molecule has 5 heteroatoms. The number of sulfonamides is 1. The van der Waals surface area contributed by atoms with Gasteiger partial charge in [-0.2, -0.15) is 4.31 Å². The third kappa shape index (κ3) is 3.58. The van der Waals surface area contributed by atoms with Gasteiger partial charge in [-0.3, -0.25) is 4.98 Å². The number of nitrogens with zero attached hydrogens (tertiary/aromatic N) is 2. The van der Waals surface area contributed by atoms with Crippen molar-refractivity contribution in [1.29, 1.82) is 0 Å². The van der Waals surface area contributed by atoms with Gasteiger partial charge in [0.2, 0.25) is 10.0 Å². The van der Waals surface area contributed by atoms with Crippen LogP contribution in [0.15, 0.2) is 18.2 Å². The predicted molar refractivity (Wildman–Crippen MR) is 81.0 cm³/mol. The minimum absolute atomic E-state index is 0.0680. The van der Waals surface area contributed by atoms with E-state index >= 15 is 0 Å². The van der Waals surface area contributed by atoms with E-state index in [1.807, 2.05) is 25.1 Å². The number of aromatic nitrogens is 1. The van der Waals surface area contributed by atoms with Gasteiger partial charge in [-0.25, -0.2) is 8.42 Å². The number of aryl methyl sites for hydroxylation is 1. The van der Waals surface area contributed by atoms with Crippen molar-refractivity contribution in [3.63, 3.8) is 0 Å². The normalized spacial score (nSPS) is 20.4. The molecule has 0 spiro atoms. The van der Waals surface area contributed by atoms with E-state index in [1.165, 1.54) is 0 Å². The first-order valence-electron chi connectivity index (χ1n) is 7.47. The maximum atomic E-state index is 12.5. The molecule has 0 N–H and O–H groups in total. The van der Waals surface area contributed by atoms with Gasteiger partial charge in [-0.05, 0) is 38.3 Å². The van der Waals surface area contributed by atoms with Crippen molar-refractivity contribution in [3.8, 4) is 0 Å². The maximum Gasteiger partial charge on any atom is 0.214 e. The lowest BCUT2D eigenvalue weighted by atomic mass is 10.1. The maximum absolute atomic E-state index is 12.5. The van der Waals surface area contributed by atoms with Crippen LogP contribution in [0.25, 0.3) is 0 Å². The number of pyridine rings is 1. The fourth-order valence-corrected chi connectivity index (χ4v) is 4.58. The standard InChI is InChI=1S/C15H24N2O2S/c1-3-4-5-12-20(18,19)17-11-7-10-15(17)14-9-6-8-13(2)16-14/h6,8-9,15H,3-5,7,10-12H2,1-2H3/t15-/m1/s1. The average Bonchev–Trinajstić information content (AvgIpc) is 2.89. The Kier molecular flexibility index (Phi) is 5.16. The largest absolute Gasteiger partial charge is 0.256 e. The molecule has 0 radical (unpaired) electrons. The molecular weight excluding hydrogens is 272 g/mol. The van der Waals surface area contributed by atoms with Crippen molar-refractivity contribution in [2.75, 3.05) is 12.3 Å². The van der Waals surface area contributed by atoms with Crippen LogP contribution in [-0.4, -0.2) is 30.0 Å². The van der Waals surface area contributed by atoms with E-state index in [0.29, 0.717) is 6.54 Å². The molecule has 1 aromatic rings. The molecule has 20 heavy (non-hydrogen) atoms. The Labute approximate surface area is 122 Å². The third-order valence-electron chi connectivity index (χ3n) is 3.82. The van der Waals surface area contributed by atoms with E-state index in [-0.39, 0.29) is 11.8 Å². The topological polar surface area (TPSA) is 50.3 Å². The van der Waals surface area contributed by atoms with Crippen LogP contribution in [0.3, 0.4) is 0 Å². The van der Waals surface area contributed by atoms with Crippen molar-refractivity contribution >= 4 is 10.0 Å². The SMILES string of the molecule is CCCCCS(=O)(=O)N1CCC[C@@H]1c1cccc(C)n1. The van der Waals surface area contributed by atoms with Gasteiger partial charge in [-0.15, -0.1) is 0 Å². The summed E-state index contributed by atoms with van der Waals surface area (Å²) in [5.74, 6) is 0.267. The van der Waals surface area contributed by atoms with Gasteiger partial charge >= 0.3 is 0 Å². The molecular formula is C15H24N2O2S. The van der Waals surface area contributed by atoms with Crippen LogP contribution in [0.1, 0.15) is 56.5 Å². The number of hydrogen-bond acceptors (Lipinski definition) is 3. The highest BCUT2D eigenvalue weighted by molar-refractivity contribution is 7.89. The smallest absolute Gasteiger partial charge is 0.214 e. The Morgan fingerprint density at radius 1 is 1.35 bits per heavy atom. The molecule has 0 bridgehead atoms. The molecule has 0 aliphatic carbocycles. The fourth-order valence-electron chi connectivity index (χ4n) is 2.77. The summed E-state index contributed by atoms with van der Waals surface area (Å²) in [6.07, 6.45) is 4.57. The van der Waals surface area contributed by atoms with Gasteiger partial charge in [0.25, 0.3) is 0 Å². The highest BCUT2D eigenvalue weighted by Gasteiger charge is 2.35. The Bertz CT molecular complexity index is 543. The zero-order valence-corrected chi connectivity index (χ0v) is 13.2. The Balaban J connectivity index is 2.14. The zero-order chi connectivity index (χ0) is 14.6. The lowest BCUT2D eigenvalue weighted by Gasteiger charge is -2.23. The summed E-state index contributed by atoms with van der Waals surface area (Å²) < 4.78 is 26.6. The Morgan fingerprint density at radius 3 is 2.85 bits per heavy atom. The van der Waals surface area contributed by atoms with E-state index in [0.717, 1.165) is 43.5 Å². The van der Waals surface area contributed by atoms with Gasteiger partial charge in [0.15, 0.2) is 0 Å². The molecule has 2 rings (SSSR count). The summed E-state index contributed by atoms with van der Waals surface area (Å²) in [5.41, 5.74) is 1.83. The van der Waals surface area contributed by atoms with Crippen molar-refractivity contribution < 1.29 is 8.42 Å². The van der Waals surface area contributed by atoms with Crippen LogP contribution in [0, 0.1) is 6.92 Å². The van der Waals surface area contributed by atoms with Crippen LogP contribution in [0.4, 0.5) is 0 Å². The first-order chi connectivity index (χ1) is 9.54. The van der Waals surface area contributed by atoms with Crippen molar-refractivity contribution in [2.45, 2.75) is 52.0 Å². The average molecular weight is 296 g/mol. The monoisotopic (exact) mass is 296 g/mol. The molecule has 0 amide bonds. The molecule has 1 saturated heterocycles. The van der Waals surface area contributed by atoms with Gasteiger partial charge in [-0.1, -0.05) is 25.8 Å². The van der Waals surface area contributed by atoms with Gasteiger partial charge < -0.3 is 0 Å². The molecule has 1 aliphatic heterocycles. The highest BCUT2D eigenvalue weighted by Crippen LogP contribution is 2.33. The second-order valence-electron chi connectivity index (χ2n) is 5.50. The van der Waals surface area contributed by atoms with Gasteiger partial charge in [0.05, 0.1) is 17.5 Å². The highest BCUT2D eigenvalue weighted by atomic mass is 32.2. The molecule has 1 atom stereocenters. The second-order valence-corrected chi connectivity index (χ2v) is 7.54. The number of hydrogen-bond donors (Lipinski definition) is 0. The lowest BCUT2D eigenvalue weighted by Crippen LogP contribution is -2.33. The summed E-state index contributed by atoms with van der Waals surface area (Å²) in [4.78, 5) is 4.51. The molecule has 1 fully saturated rings. The van der Waals surface area contributed by atoms with Crippen LogP contribution in [0.5, 0.6) is 0 Å². The van der Waals surface area contributed by atoms with E-state index < -0.39 is 10.0 Å². The second kappa shape index (κ2) is 6.68. The van der Waals surface area contributed by atoms with E-state index in [4.69, 9.17) is 0 Å². The first-order valence-corrected chi connectivity index (χ1v) is 9.08. The van der Waals surface area contributed by atoms with Crippen molar-refractivity contribution in [1.82, 2.24) is 9.29 Å². The lowest BCUT2D eigenvalue weighted by molar-refractivity contribution is 0.389. The zero-order valence-electron chi connectivity index (χ0n) is 12.4. The minimum atomic E-state index is -3.15. The molecule has 1 aromatic heterocycles.